The molecular weight excluding hydrogens is 240 g/mol. The monoisotopic (exact) mass is 250 g/mol. The minimum atomic E-state index is 0.0237. The van der Waals surface area contributed by atoms with E-state index in [1.54, 1.807) is 24.3 Å². The van der Waals surface area contributed by atoms with Gasteiger partial charge in [-0.2, -0.15) is 0 Å². The third-order valence-corrected chi connectivity index (χ3v) is 2.21. The molecule has 72 valence electrons. The van der Waals surface area contributed by atoms with Gasteiger partial charge < -0.3 is 0 Å². The van der Waals surface area contributed by atoms with Gasteiger partial charge in [0.1, 0.15) is 0 Å². The van der Waals surface area contributed by atoms with Crippen LogP contribution in [0.15, 0.2) is 53.0 Å². The molecule has 0 heterocycles. The average Bonchev–Trinajstić information content (AvgIpc) is 2.19. The topological polar surface area (TPSA) is 17.1 Å². The zero-order valence-electron chi connectivity index (χ0n) is 7.91. The Labute approximate surface area is 92.3 Å². The second kappa shape index (κ2) is 5.55. The van der Waals surface area contributed by atoms with Crippen LogP contribution in [0.2, 0.25) is 0 Å². The van der Waals surface area contributed by atoms with Crippen molar-refractivity contribution >= 4 is 21.7 Å². The standard InChI is InChI=1S/C12H11BrO/c1-2-3-4-5-12(14)10-6-8-11(13)9-7-10/h2-9H,1H3/b3-2-,5-4+. The van der Waals surface area contributed by atoms with Crippen LogP contribution >= 0.6 is 15.9 Å². The largest absolute Gasteiger partial charge is 0.289 e. The Morgan fingerprint density at radius 2 is 1.86 bits per heavy atom. The summed E-state index contributed by atoms with van der Waals surface area (Å²) in [6.45, 7) is 1.91. The molecule has 1 rings (SSSR count). The van der Waals surface area contributed by atoms with Crippen molar-refractivity contribution in [3.63, 3.8) is 0 Å². The summed E-state index contributed by atoms with van der Waals surface area (Å²) in [5.41, 5.74) is 0.703. The lowest BCUT2D eigenvalue weighted by Crippen LogP contribution is -1.92. The van der Waals surface area contributed by atoms with E-state index in [2.05, 4.69) is 15.9 Å². The van der Waals surface area contributed by atoms with E-state index in [1.165, 1.54) is 0 Å². The minimum absolute atomic E-state index is 0.0237. The van der Waals surface area contributed by atoms with Gasteiger partial charge in [-0.3, -0.25) is 4.79 Å². The molecule has 1 nitrogen and oxygen atoms in total. The lowest BCUT2D eigenvalue weighted by molar-refractivity contribution is 0.104. The molecule has 0 aliphatic carbocycles. The molecule has 0 bridgehead atoms. The third kappa shape index (κ3) is 3.30. The van der Waals surface area contributed by atoms with Crippen LogP contribution in [0.3, 0.4) is 0 Å². The molecule has 14 heavy (non-hydrogen) atoms. The Bertz CT molecular complexity index is 360. The molecule has 2 heteroatoms. The second-order valence-corrected chi connectivity index (χ2v) is 3.67. The van der Waals surface area contributed by atoms with Gasteiger partial charge in [-0.05, 0) is 37.3 Å². The van der Waals surface area contributed by atoms with Crippen LogP contribution < -0.4 is 0 Å². The molecule has 0 radical (unpaired) electrons. The number of carbonyl (C=O) groups is 1. The molecule has 0 N–H and O–H groups in total. The highest BCUT2D eigenvalue weighted by Crippen LogP contribution is 2.11. The van der Waals surface area contributed by atoms with Crippen molar-refractivity contribution < 1.29 is 4.79 Å². The van der Waals surface area contributed by atoms with Gasteiger partial charge in [0.2, 0.25) is 0 Å². The highest BCUT2D eigenvalue weighted by Gasteiger charge is 1.99. The fourth-order valence-corrected chi connectivity index (χ4v) is 1.23. The highest BCUT2D eigenvalue weighted by molar-refractivity contribution is 9.10. The van der Waals surface area contributed by atoms with E-state index in [9.17, 15) is 4.79 Å². The van der Waals surface area contributed by atoms with E-state index < -0.39 is 0 Å². The molecule has 0 aliphatic heterocycles. The van der Waals surface area contributed by atoms with Crippen molar-refractivity contribution in [1.82, 2.24) is 0 Å². The Hall–Kier alpha value is -1.15. The maximum atomic E-state index is 11.5. The van der Waals surface area contributed by atoms with Gasteiger partial charge in [0.05, 0.1) is 0 Å². The van der Waals surface area contributed by atoms with Crippen LogP contribution in [0.5, 0.6) is 0 Å². The molecule has 1 aromatic rings. The van der Waals surface area contributed by atoms with Gasteiger partial charge in [0.15, 0.2) is 5.78 Å². The predicted octanol–water partition coefficient (Wildman–Crippen LogP) is 3.76. The molecule has 0 aromatic heterocycles. The van der Waals surface area contributed by atoms with Crippen LogP contribution in [-0.2, 0) is 0 Å². The number of allylic oxidation sites excluding steroid dienone is 4. The summed E-state index contributed by atoms with van der Waals surface area (Å²) in [5, 5.41) is 0. The van der Waals surface area contributed by atoms with Gasteiger partial charge in [-0.1, -0.05) is 34.2 Å². The first kappa shape index (κ1) is 10.9. The van der Waals surface area contributed by atoms with E-state index in [0.29, 0.717) is 5.56 Å². The fraction of sp³-hybridized carbons (Fsp3) is 0.0833. The number of benzene rings is 1. The fourth-order valence-electron chi connectivity index (χ4n) is 0.964. The highest BCUT2D eigenvalue weighted by atomic mass is 79.9. The van der Waals surface area contributed by atoms with Crippen molar-refractivity contribution in [2.24, 2.45) is 0 Å². The van der Waals surface area contributed by atoms with E-state index >= 15 is 0 Å². The molecule has 0 fully saturated rings. The number of rotatable bonds is 3. The lowest BCUT2D eigenvalue weighted by Gasteiger charge is -1.94. The summed E-state index contributed by atoms with van der Waals surface area (Å²) >= 11 is 3.32. The van der Waals surface area contributed by atoms with E-state index in [4.69, 9.17) is 0 Å². The Balaban J connectivity index is 2.75. The number of halogens is 1. The molecule has 0 spiro atoms. The number of ketones is 1. The molecule has 0 aliphatic rings. The molecule has 0 saturated heterocycles. The van der Waals surface area contributed by atoms with Crippen LogP contribution in [0.1, 0.15) is 17.3 Å². The smallest absolute Gasteiger partial charge is 0.185 e. The Morgan fingerprint density at radius 3 is 2.43 bits per heavy atom. The molecule has 1 aromatic carbocycles. The van der Waals surface area contributed by atoms with E-state index in [-0.39, 0.29) is 5.78 Å². The molecule has 0 saturated carbocycles. The van der Waals surface area contributed by atoms with E-state index in [1.807, 2.05) is 31.2 Å². The Kier molecular flexibility index (Phi) is 4.33. The first-order chi connectivity index (χ1) is 6.74. The van der Waals surface area contributed by atoms with Crippen LogP contribution in [0.25, 0.3) is 0 Å². The normalized spacial score (nSPS) is 11.3. The van der Waals surface area contributed by atoms with Gasteiger partial charge in [-0.15, -0.1) is 0 Å². The zero-order valence-corrected chi connectivity index (χ0v) is 9.49. The van der Waals surface area contributed by atoms with Crippen molar-refractivity contribution in [2.75, 3.05) is 0 Å². The van der Waals surface area contributed by atoms with Crippen LogP contribution in [0, 0.1) is 0 Å². The summed E-state index contributed by atoms with van der Waals surface area (Å²) < 4.78 is 0.978. The second-order valence-electron chi connectivity index (χ2n) is 2.76. The predicted molar refractivity (Wildman–Crippen MR) is 62.4 cm³/mol. The van der Waals surface area contributed by atoms with Crippen LogP contribution in [-0.4, -0.2) is 5.78 Å². The third-order valence-electron chi connectivity index (χ3n) is 1.68. The van der Waals surface area contributed by atoms with Gasteiger partial charge >= 0.3 is 0 Å². The number of carbonyl (C=O) groups excluding carboxylic acids is 1. The Morgan fingerprint density at radius 1 is 1.21 bits per heavy atom. The van der Waals surface area contributed by atoms with Gasteiger partial charge in [0.25, 0.3) is 0 Å². The van der Waals surface area contributed by atoms with Crippen molar-refractivity contribution in [1.29, 1.82) is 0 Å². The summed E-state index contributed by atoms with van der Waals surface area (Å²) in [5.74, 6) is 0.0237. The first-order valence-corrected chi connectivity index (χ1v) is 5.12. The molecule has 0 unspecified atom stereocenters. The number of hydrogen-bond acceptors (Lipinski definition) is 1. The summed E-state index contributed by atoms with van der Waals surface area (Å²) in [6, 6.07) is 7.31. The quantitative estimate of drug-likeness (QED) is 0.454. The van der Waals surface area contributed by atoms with Crippen molar-refractivity contribution in [3.05, 3.63) is 58.6 Å². The SMILES string of the molecule is C/C=C\C=C\C(=O)c1ccc(Br)cc1. The summed E-state index contributed by atoms with van der Waals surface area (Å²) in [7, 11) is 0. The van der Waals surface area contributed by atoms with Crippen molar-refractivity contribution in [2.45, 2.75) is 6.92 Å². The van der Waals surface area contributed by atoms with Gasteiger partial charge in [0, 0.05) is 10.0 Å². The number of hydrogen-bond donors (Lipinski definition) is 0. The van der Waals surface area contributed by atoms with Crippen LogP contribution in [0.4, 0.5) is 0 Å². The average molecular weight is 251 g/mol. The zero-order chi connectivity index (χ0) is 10.4. The maximum Gasteiger partial charge on any atom is 0.185 e. The van der Waals surface area contributed by atoms with E-state index in [0.717, 1.165) is 4.47 Å². The molecule has 0 amide bonds. The molecular formula is C12H11BrO. The maximum absolute atomic E-state index is 11.5. The summed E-state index contributed by atoms with van der Waals surface area (Å²) in [6.07, 6.45) is 7.01. The minimum Gasteiger partial charge on any atom is -0.289 e. The lowest BCUT2D eigenvalue weighted by atomic mass is 10.1. The van der Waals surface area contributed by atoms with Gasteiger partial charge in [-0.25, -0.2) is 0 Å². The molecule has 0 atom stereocenters. The van der Waals surface area contributed by atoms with Crippen molar-refractivity contribution in [3.8, 4) is 0 Å². The summed E-state index contributed by atoms with van der Waals surface area (Å²) in [4.78, 5) is 11.5. The first-order valence-electron chi connectivity index (χ1n) is 4.33.